The summed E-state index contributed by atoms with van der Waals surface area (Å²) in [5.74, 6) is 1.69. The van der Waals surface area contributed by atoms with Gasteiger partial charge in [-0.05, 0) is 54.2 Å². The predicted molar refractivity (Wildman–Crippen MR) is 119 cm³/mol. The summed E-state index contributed by atoms with van der Waals surface area (Å²) in [5, 5.41) is 3.92. The molecule has 0 aliphatic rings. The Morgan fingerprint density at radius 2 is 1.89 bits per heavy atom. The SMILES string of the molecule is CSCC[C@H](NC(=O)C(c1ccc(Cl)cc1)C(C)C)c1nc2ccccc2[nH]1. The summed E-state index contributed by atoms with van der Waals surface area (Å²) in [7, 11) is 0. The van der Waals surface area contributed by atoms with Gasteiger partial charge in [0.25, 0.3) is 0 Å². The van der Waals surface area contributed by atoms with E-state index < -0.39 is 0 Å². The number of hydrogen-bond donors (Lipinski definition) is 2. The van der Waals surface area contributed by atoms with Gasteiger partial charge in [0.2, 0.25) is 5.91 Å². The lowest BCUT2D eigenvalue weighted by molar-refractivity contribution is -0.124. The van der Waals surface area contributed by atoms with Crippen LogP contribution in [0, 0.1) is 5.92 Å². The van der Waals surface area contributed by atoms with E-state index >= 15 is 0 Å². The zero-order valence-corrected chi connectivity index (χ0v) is 18.0. The number of hydrogen-bond acceptors (Lipinski definition) is 3. The van der Waals surface area contributed by atoms with Crippen LogP contribution >= 0.6 is 23.4 Å². The number of fused-ring (bicyclic) bond motifs is 1. The number of carbonyl (C=O) groups is 1. The molecule has 0 saturated carbocycles. The van der Waals surface area contributed by atoms with Gasteiger partial charge < -0.3 is 10.3 Å². The molecule has 2 N–H and O–H groups in total. The third kappa shape index (κ3) is 4.89. The van der Waals surface area contributed by atoms with E-state index in [2.05, 4.69) is 30.4 Å². The Morgan fingerprint density at radius 3 is 2.54 bits per heavy atom. The molecule has 2 atom stereocenters. The number of nitrogens with zero attached hydrogens (tertiary/aromatic N) is 1. The fourth-order valence-corrected chi connectivity index (χ4v) is 4.02. The van der Waals surface area contributed by atoms with Gasteiger partial charge in [0.15, 0.2) is 0 Å². The van der Waals surface area contributed by atoms with Gasteiger partial charge in [-0.3, -0.25) is 4.79 Å². The third-order valence-electron chi connectivity index (χ3n) is 4.84. The highest BCUT2D eigenvalue weighted by Gasteiger charge is 2.27. The largest absolute Gasteiger partial charge is 0.346 e. The Bertz CT molecular complexity index is 890. The first-order valence-electron chi connectivity index (χ1n) is 9.49. The van der Waals surface area contributed by atoms with Crippen LogP contribution in [-0.4, -0.2) is 27.9 Å². The van der Waals surface area contributed by atoms with Crippen molar-refractivity contribution in [2.45, 2.75) is 32.2 Å². The summed E-state index contributed by atoms with van der Waals surface area (Å²) in [6.07, 6.45) is 2.89. The summed E-state index contributed by atoms with van der Waals surface area (Å²) >= 11 is 7.78. The normalized spacial score (nSPS) is 13.6. The van der Waals surface area contributed by atoms with Crippen LogP contribution in [0.5, 0.6) is 0 Å². The molecule has 0 aliphatic carbocycles. The Morgan fingerprint density at radius 1 is 1.18 bits per heavy atom. The van der Waals surface area contributed by atoms with Crippen molar-refractivity contribution >= 4 is 40.3 Å². The van der Waals surface area contributed by atoms with Gasteiger partial charge in [0.05, 0.1) is 23.0 Å². The predicted octanol–water partition coefficient (Wildman–Crippen LogP) is 5.57. The van der Waals surface area contributed by atoms with E-state index in [0.29, 0.717) is 5.02 Å². The first-order chi connectivity index (χ1) is 13.5. The Hall–Kier alpha value is -1.98. The highest BCUT2D eigenvalue weighted by Crippen LogP contribution is 2.28. The second-order valence-corrected chi connectivity index (χ2v) is 8.68. The lowest BCUT2D eigenvalue weighted by atomic mass is 9.87. The standard InChI is InChI=1S/C22H26ClN3OS/c1-14(2)20(15-8-10-16(23)11-9-15)22(27)26-19(12-13-28-3)21-24-17-6-4-5-7-18(17)25-21/h4-11,14,19-20H,12-13H2,1-3H3,(H,24,25)(H,26,27)/t19-,20?/m0/s1. The Kier molecular flexibility index (Phi) is 7.03. The van der Waals surface area contributed by atoms with Crippen LogP contribution in [0.1, 0.15) is 43.6 Å². The molecule has 1 unspecified atom stereocenters. The summed E-state index contributed by atoms with van der Waals surface area (Å²) in [4.78, 5) is 21.3. The number of benzene rings is 2. The van der Waals surface area contributed by atoms with Crippen molar-refractivity contribution < 1.29 is 4.79 Å². The highest BCUT2D eigenvalue weighted by molar-refractivity contribution is 7.98. The van der Waals surface area contributed by atoms with E-state index in [1.165, 1.54) is 0 Å². The topological polar surface area (TPSA) is 57.8 Å². The van der Waals surface area contributed by atoms with Crippen molar-refractivity contribution in [3.63, 3.8) is 0 Å². The molecule has 148 valence electrons. The van der Waals surface area contributed by atoms with Gasteiger partial charge in [-0.25, -0.2) is 4.98 Å². The number of rotatable bonds is 8. The second-order valence-electron chi connectivity index (χ2n) is 7.26. The smallest absolute Gasteiger partial charge is 0.228 e. The molecule has 1 amide bonds. The van der Waals surface area contributed by atoms with E-state index in [4.69, 9.17) is 16.6 Å². The van der Waals surface area contributed by atoms with Crippen molar-refractivity contribution in [1.29, 1.82) is 0 Å². The monoisotopic (exact) mass is 415 g/mol. The van der Waals surface area contributed by atoms with Crippen LogP contribution in [0.3, 0.4) is 0 Å². The van der Waals surface area contributed by atoms with Crippen molar-refractivity contribution in [3.05, 3.63) is 64.9 Å². The van der Waals surface area contributed by atoms with Crippen LogP contribution in [0.4, 0.5) is 0 Å². The molecule has 2 aromatic carbocycles. The fraction of sp³-hybridized carbons (Fsp3) is 0.364. The number of thioether (sulfide) groups is 1. The molecule has 3 aromatic rings. The van der Waals surface area contributed by atoms with E-state index in [0.717, 1.165) is 34.6 Å². The minimum absolute atomic E-state index is 0.0175. The van der Waals surface area contributed by atoms with E-state index in [-0.39, 0.29) is 23.8 Å². The average Bonchev–Trinajstić information content (AvgIpc) is 3.10. The van der Waals surface area contributed by atoms with Crippen LogP contribution in [0.25, 0.3) is 11.0 Å². The number of aromatic nitrogens is 2. The van der Waals surface area contributed by atoms with Gasteiger partial charge in [-0.1, -0.05) is 49.7 Å². The number of aromatic amines is 1. The van der Waals surface area contributed by atoms with Crippen molar-refractivity contribution in [1.82, 2.24) is 15.3 Å². The summed E-state index contributed by atoms with van der Waals surface area (Å²) in [5.41, 5.74) is 2.88. The minimum Gasteiger partial charge on any atom is -0.346 e. The summed E-state index contributed by atoms with van der Waals surface area (Å²) < 4.78 is 0. The first-order valence-corrected chi connectivity index (χ1v) is 11.3. The highest BCUT2D eigenvalue weighted by atomic mass is 35.5. The molecule has 0 spiro atoms. The average molecular weight is 416 g/mol. The first kappa shape index (κ1) is 20.7. The second kappa shape index (κ2) is 9.48. The quantitative estimate of drug-likeness (QED) is 0.505. The third-order valence-corrected chi connectivity index (χ3v) is 5.74. The van der Waals surface area contributed by atoms with Crippen molar-refractivity contribution in [3.8, 4) is 0 Å². The van der Waals surface area contributed by atoms with Gasteiger partial charge in [-0.15, -0.1) is 0 Å². The van der Waals surface area contributed by atoms with E-state index in [9.17, 15) is 4.79 Å². The van der Waals surface area contributed by atoms with Crippen LogP contribution in [0.2, 0.25) is 5.02 Å². The Balaban J connectivity index is 1.85. The number of nitrogens with one attached hydrogen (secondary N) is 2. The number of para-hydroxylation sites is 2. The van der Waals surface area contributed by atoms with Crippen LogP contribution < -0.4 is 5.32 Å². The molecule has 1 heterocycles. The molecular formula is C22H26ClN3OS. The zero-order chi connectivity index (χ0) is 20.1. The molecule has 3 rings (SSSR count). The molecule has 0 bridgehead atoms. The number of carbonyl (C=O) groups excluding carboxylic acids is 1. The van der Waals surface area contributed by atoms with Gasteiger partial charge in [-0.2, -0.15) is 11.8 Å². The van der Waals surface area contributed by atoms with Gasteiger partial charge in [0, 0.05) is 5.02 Å². The molecule has 0 aliphatic heterocycles. The number of imidazole rings is 1. The van der Waals surface area contributed by atoms with Crippen molar-refractivity contribution in [2.75, 3.05) is 12.0 Å². The molecule has 0 radical (unpaired) electrons. The Labute approximate surface area is 175 Å². The van der Waals surface area contributed by atoms with Crippen LogP contribution in [-0.2, 0) is 4.79 Å². The van der Waals surface area contributed by atoms with Gasteiger partial charge >= 0.3 is 0 Å². The minimum atomic E-state index is -0.238. The van der Waals surface area contributed by atoms with Crippen LogP contribution in [0.15, 0.2) is 48.5 Å². The zero-order valence-electron chi connectivity index (χ0n) is 16.4. The van der Waals surface area contributed by atoms with E-state index in [1.54, 1.807) is 11.8 Å². The number of H-pyrrole nitrogens is 1. The maximum absolute atomic E-state index is 13.2. The maximum Gasteiger partial charge on any atom is 0.228 e. The lowest BCUT2D eigenvalue weighted by Gasteiger charge is -2.24. The molecule has 28 heavy (non-hydrogen) atoms. The molecule has 0 fully saturated rings. The number of halogens is 1. The van der Waals surface area contributed by atoms with Gasteiger partial charge in [0.1, 0.15) is 5.82 Å². The maximum atomic E-state index is 13.2. The van der Waals surface area contributed by atoms with Crippen molar-refractivity contribution in [2.24, 2.45) is 5.92 Å². The molecule has 0 saturated heterocycles. The molecule has 6 heteroatoms. The number of amides is 1. The lowest BCUT2D eigenvalue weighted by Crippen LogP contribution is -2.35. The molecule has 4 nitrogen and oxygen atoms in total. The van der Waals surface area contributed by atoms with E-state index in [1.807, 2.05) is 48.5 Å². The molecule has 1 aromatic heterocycles. The summed E-state index contributed by atoms with van der Waals surface area (Å²) in [6, 6.07) is 15.3. The fourth-order valence-electron chi connectivity index (χ4n) is 3.42. The summed E-state index contributed by atoms with van der Waals surface area (Å²) in [6.45, 7) is 4.13. The molecular weight excluding hydrogens is 390 g/mol.